The van der Waals surface area contributed by atoms with Gasteiger partial charge < -0.3 is 15.4 Å². The second kappa shape index (κ2) is 3.87. The van der Waals surface area contributed by atoms with Crippen LogP contribution in [0.25, 0.3) is 0 Å². The molecule has 0 spiro atoms. The molecule has 1 amide bonds. The smallest absolute Gasteiger partial charge is 0.220 e. The monoisotopic (exact) mass is 198 g/mol. The van der Waals surface area contributed by atoms with E-state index in [1.54, 1.807) is 0 Å². The van der Waals surface area contributed by atoms with Crippen molar-refractivity contribution >= 4 is 5.91 Å². The van der Waals surface area contributed by atoms with Crippen molar-refractivity contribution in [2.24, 2.45) is 5.41 Å². The van der Waals surface area contributed by atoms with Crippen molar-refractivity contribution in [1.82, 2.24) is 10.6 Å². The van der Waals surface area contributed by atoms with Crippen LogP contribution >= 0.6 is 0 Å². The van der Waals surface area contributed by atoms with Crippen LogP contribution in [0.2, 0.25) is 0 Å². The highest BCUT2D eigenvalue weighted by atomic mass is 16.5. The third-order valence-corrected chi connectivity index (χ3v) is 2.98. The van der Waals surface area contributed by atoms with Gasteiger partial charge in [-0.3, -0.25) is 4.79 Å². The molecule has 1 atom stereocenters. The van der Waals surface area contributed by atoms with Gasteiger partial charge in [-0.15, -0.1) is 0 Å². The van der Waals surface area contributed by atoms with Crippen LogP contribution in [0.1, 0.15) is 19.8 Å². The van der Waals surface area contributed by atoms with Gasteiger partial charge in [0.1, 0.15) is 0 Å². The average molecular weight is 198 g/mol. The molecule has 1 unspecified atom stereocenters. The fraction of sp³-hybridized carbons (Fsp3) is 0.900. The van der Waals surface area contributed by atoms with Gasteiger partial charge in [-0.1, -0.05) is 6.92 Å². The number of hydrogen-bond donors (Lipinski definition) is 2. The summed E-state index contributed by atoms with van der Waals surface area (Å²) >= 11 is 0. The Labute approximate surface area is 84.4 Å². The molecule has 2 rings (SSSR count). The van der Waals surface area contributed by atoms with E-state index in [0.717, 1.165) is 32.7 Å². The highest BCUT2D eigenvalue weighted by Gasteiger charge is 2.33. The summed E-state index contributed by atoms with van der Waals surface area (Å²) in [7, 11) is 0. The molecule has 2 heterocycles. The molecular weight excluding hydrogens is 180 g/mol. The summed E-state index contributed by atoms with van der Waals surface area (Å²) in [5.41, 5.74) is 0.321. The van der Waals surface area contributed by atoms with E-state index in [1.807, 2.05) is 0 Å². The Morgan fingerprint density at radius 3 is 2.93 bits per heavy atom. The number of carbonyl (C=O) groups excluding carboxylic acids is 1. The molecule has 0 aromatic heterocycles. The highest BCUT2D eigenvalue weighted by molar-refractivity contribution is 5.76. The molecule has 2 N–H and O–H groups in total. The summed E-state index contributed by atoms with van der Waals surface area (Å²) < 4.78 is 5.19. The first kappa shape index (κ1) is 9.93. The number of nitrogens with one attached hydrogen (secondary N) is 2. The lowest BCUT2D eigenvalue weighted by Gasteiger charge is -2.39. The van der Waals surface area contributed by atoms with E-state index in [2.05, 4.69) is 17.6 Å². The van der Waals surface area contributed by atoms with E-state index in [-0.39, 0.29) is 5.91 Å². The molecule has 0 saturated carbocycles. The lowest BCUT2D eigenvalue weighted by Crippen LogP contribution is -2.53. The number of piperidine rings is 1. The van der Waals surface area contributed by atoms with E-state index in [1.165, 1.54) is 0 Å². The van der Waals surface area contributed by atoms with Gasteiger partial charge in [0.15, 0.2) is 0 Å². The zero-order valence-corrected chi connectivity index (χ0v) is 8.64. The maximum atomic E-state index is 10.9. The van der Waals surface area contributed by atoms with Gasteiger partial charge in [-0.05, 0) is 6.42 Å². The average Bonchev–Trinajstić information content (AvgIpc) is 2.14. The maximum absolute atomic E-state index is 10.9. The first-order chi connectivity index (χ1) is 6.68. The molecule has 14 heavy (non-hydrogen) atoms. The van der Waals surface area contributed by atoms with Crippen molar-refractivity contribution in [3.63, 3.8) is 0 Å². The molecule has 0 aromatic rings. The highest BCUT2D eigenvalue weighted by Crippen LogP contribution is 2.25. The molecule has 80 valence electrons. The third kappa shape index (κ3) is 2.25. The van der Waals surface area contributed by atoms with Crippen LogP contribution in [-0.4, -0.2) is 38.3 Å². The molecule has 0 bridgehead atoms. The third-order valence-electron chi connectivity index (χ3n) is 2.98. The summed E-state index contributed by atoms with van der Waals surface area (Å²) in [6.45, 7) is 5.71. The van der Waals surface area contributed by atoms with Crippen LogP contribution in [0.15, 0.2) is 0 Å². The van der Waals surface area contributed by atoms with Gasteiger partial charge in [0.2, 0.25) is 5.91 Å². The Morgan fingerprint density at radius 1 is 1.64 bits per heavy atom. The van der Waals surface area contributed by atoms with Crippen molar-refractivity contribution < 1.29 is 9.53 Å². The summed E-state index contributed by atoms with van der Waals surface area (Å²) in [5, 5.41) is 6.36. The van der Waals surface area contributed by atoms with Crippen LogP contribution < -0.4 is 10.6 Å². The molecule has 4 heteroatoms. The summed E-state index contributed by atoms with van der Waals surface area (Å²) in [4.78, 5) is 10.9. The van der Waals surface area contributed by atoms with Crippen molar-refractivity contribution in [3.8, 4) is 0 Å². The van der Waals surface area contributed by atoms with Crippen LogP contribution in [0.5, 0.6) is 0 Å². The Hall–Kier alpha value is -0.610. The summed E-state index contributed by atoms with van der Waals surface area (Å²) in [6, 6.07) is 0.449. The van der Waals surface area contributed by atoms with E-state index < -0.39 is 0 Å². The SMILES string of the molecule is CC1(CNC2CCC(=O)NC2)COC1. The molecule has 2 saturated heterocycles. The normalized spacial score (nSPS) is 30.6. The topological polar surface area (TPSA) is 50.4 Å². The predicted octanol–water partition coefficient (Wildman–Crippen LogP) is -0.109. The van der Waals surface area contributed by atoms with Crippen LogP contribution in [0.4, 0.5) is 0 Å². The number of carbonyl (C=O) groups is 1. The first-order valence-electron chi connectivity index (χ1n) is 5.26. The van der Waals surface area contributed by atoms with Crippen LogP contribution in [-0.2, 0) is 9.53 Å². The van der Waals surface area contributed by atoms with Gasteiger partial charge in [0, 0.05) is 31.0 Å². The fourth-order valence-electron chi connectivity index (χ4n) is 1.85. The lowest BCUT2D eigenvalue weighted by molar-refractivity contribution is -0.123. The minimum atomic E-state index is 0.182. The minimum absolute atomic E-state index is 0.182. The molecule has 4 nitrogen and oxygen atoms in total. The van der Waals surface area contributed by atoms with Crippen LogP contribution in [0.3, 0.4) is 0 Å². The maximum Gasteiger partial charge on any atom is 0.220 e. The number of hydrogen-bond acceptors (Lipinski definition) is 3. The fourth-order valence-corrected chi connectivity index (χ4v) is 1.85. The number of amides is 1. The Balaban J connectivity index is 1.68. The quantitative estimate of drug-likeness (QED) is 0.665. The molecule has 2 aliphatic rings. The standard InChI is InChI=1S/C10H18N2O2/c1-10(6-14-7-10)5-12-8-2-3-9(13)11-4-8/h8,12H,2-7H2,1H3,(H,11,13). The minimum Gasteiger partial charge on any atom is -0.380 e. The Bertz CT molecular complexity index is 216. The first-order valence-corrected chi connectivity index (χ1v) is 5.26. The molecule has 0 aromatic carbocycles. The summed E-state index contributed by atoms with van der Waals surface area (Å²) in [5.74, 6) is 0.182. The van der Waals surface area contributed by atoms with Crippen molar-refractivity contribution in [2.75, 3.05) is 26.3 Å². The van der Waals surface area contributed by atoms with E-state index in [4.69, 9.17) is 4.74 Å². The van der Waals surface area contributed by atoms with Gasteiger partial charge in [-0.2, -0.15) is 0 Å². The summed E-state index contributed by atoms with van der Waals surface area (Å²) in [6.07, 6.45) is 1.62. The number of rotatable bonds is 3. The molecule has 2 fully saturated rings. The van der Waals surface area contributed by atoms with E-state index in [9.17, 15) is 4.79 Å². The van der Waals surface area contributed by atoms with Crippen molar-refractivity contribution in [2.45, 2.75) is 25.8 Å². The zero-order chi connectivity index (χ0) is 10.0. The van der Waals surface area contributed by atoms with E-state index >= 15 is 0 Å². The van der Waals surface area contributed by atoms with E-state index in [0.29, 0.717) is 17.9 Å². The molecular formula is C10H18N2O2. The van der Waals surface area contributed by atoms with Gasteiger partial charge in [0.25, 0.3) is 0 Å². The second-order valence-electron chi connectivity index (χ2n) is 4.72. The van der Waals surface area contributed by atoms with Crippen LogP contribution in [0, 0.1) is 5.41 Å². The Morgan fingerprint density at radius 2 is 2.43 bits per heavy atom. The number of ether oxygens (including phenoxy) is 1. The van der Waals surface area contributed by atoms with Gasteiger partial charge in [-0.25, -0.2) is 0 Å². The Kier molecular flexibility index (Phi) is 2.74. The zero-order valence-electron chi connectivity index (χ0n) is 8.64. The van der Waals surface area contributed by atoms with Gasteiger partial charge >= 0.3 is 0 Å². The van der Waals surface area contributed by atoms with Crippen molar-refractivity contribution in [1.29, 1.82) is 0 Å². The van der Waals surface area contributed by atoms with Gasteiger partial charge in [0.05, 0.1) is 13.2 Å². The largest absolute Gasteiger partial charge is 0.380 e. The molecule has 2 aliphatic heterocycles. The second-order valence-corrected chi connectivity index (χ2v) is 4.72. The molecule has 0 aliphatic carbocycles. The predicted molar refractivity (Wildman–Crippen MR) is 53.0 cm³/mol. The van der Waals surface area contributed by atoms with Crippen molar-refractivity contribution in [3.05, 3.63) is 0 Å². The molecule has 0 radical (unpaired) electrons. The lowest BCUT2D eigenvalue weighted by atomic mass is 9.88.